The van der Waals surface area contributed by atoms with Crippen LogP contribution in [0.15, 0.2) is 42.0 Å². The van der Waals surface area contributed by atoms with Crippen molar-refractivity contribution in [3.8, 4) is 0 Å². The Morgan fingerprint density at radius 3 is 2.47 bits per heavy atom. The molecule has 0 heterocycles. The maximum absolute atomic E-state index is 12.8. The van der Waals surface area contributed by atoms with Gasteiger partial charge in [0, 0.05) is 18.8 Å². The molecule has 3 fully saturated rings. The Labute approximate surface area is 191 Å². The number of hydrogen-bond donors (Lipinski definition) is 0. The second-order valence-corrected chi connectivity index (χ2v) is 11.1. The molecule has 0 aliphatic heterocycles. The zero-order chi connectivity index (χ0) is 22.5. The van der Waals surface area contributed by atoms with E-state index < -0.39 is 0 Å². The summed E-state index contributed by atoms with van der Waals surface area (Å²) in [6.45, 7) is 6.36. The van der Waals surface area contributed by atoms with Gasteiger partial charge in [0.25, 0.3) is 0 Å². The summed E-state index contributed by atoms with van der Waals surface area (Å²) in [5, 5.41) is 0. The number of rotatable bonds is 3. The monoisotopic (exact) mass is 436 g/mol. The van der Waals surface area contributed by atoms with E-state index in [1.54, 1.807) is 0 Å². The third kappa shape index (κ3) is 3.50. The molecule has 0 amide bonds. The van der Waals surface area contributed by atoms with Crippen molar-refractivity contribution in [1.29, 1.82) is 0 Å². The van der Waals surface area contributed by atoms with Crippen molar-refractivity contribution in [3.63, 3.8) is 0 Å². The van der Waals surface area contributed by atoms with Gasteiger partial charge >= 0.3 is 11.9 Å². The van der Waals surface area contributed by atoms with Crippen molar-refractivity contribution < 1.29 is 19.1 Å². The number of carbonyl (C=O) groups is 2. The second-order valence-electron chi connectivity index (χ2n) is 11.1. The van der Waals surface area contributed by atoms with Crippen LogP contribution in [0, 0.1) is 28.6 Å². The summed E-state index contributed by atoms with van der Waals surface area (Å²) in [7, 11) is 0. The first-order valence-corrected chi connectivity index (χ1v) is 12.4. The summed E-state index contributed by atoms with van der Waals surface area (Å²) >= 11 is 0. The first kappa shape index (κ1) is 21.7. The van der Waals surface area contributed by atoms with Gasteiger partial charge in [-0.1, -0.05) is 43.7 Å². The maximum atomic E-state index is 12.8. The van der Waals surface area contributed by atoms with Gasteiger partial charge in [0.05, 0.1) is 5.56 Å². The first-order chi connectivity index (χ1) is 15.3. The van der Waals surface area contributed by atoms with Gasteiger partial charge in [0.2, 0.25) is 0 Å². The SMILES string of the molecule is CC(=O)O[C@@H]1CC[C@@]2(C)C(=CC[C@@H]3[C@@H]4CC[C@@H](OC(=O)c5ccccc5)[C@@]4(C)CC[C@@H]32)C1. The zero-order valence-corrected chi connectivity index (χ0v) is 19.6. The molecule has 0 spiro atoms. The number of esters is 2. The van der Waals surface area contributed by atoms with Crippen LogP contribution in [0.4, 0.5) is 0 Å². The predicted octanol–water partition coefficient (Wildman–Crippen LogP) is 6.11. The highest BCUT2D eigenvalue weighted by Gasteiger charge is 2.59. The molecule has 0 N–H and O–H groups in total. The van der Waals surface area contributed by atoms with Crippen LogP contribution in [-0.4, -0.2) is 24.1 Å². The molecule has 0 radical (unpaired) electrons. The van der Waals surface area contributed by atoms with E-state index in [1.165, 1.54) is 18.9 Å². The molecule has 0 bridgehead atoms. The molecule has 4 aliphatic carbocycles. The third-order valence-corrected chi connectivity index (χ3v) is 9.56. The lowest BCUT2D eigenvalue weighted by atomic mass is 9.48. The molecule has 0 unspecified atom stereocenters. The van der Waals surface area contributed by atoms with E-state index in [4.69, 9.17) is 9.47 Å². The van der Waals surface area contributed by atoms with Crippen LogP contribution in [-0.2, 0) is 14.3 Å². The highest BCUT2D eigenvalue weighted by atomic mass is 16.5. The maximum Gasteiger partial charge on any atom is 0.338 e. The third-order valence-electron chi connectivity index (χ3n) is 9.56. The molecule has 0 saturated heterocycles. The molecule has 4 aliphatic rings. The minimum Gasteiger partial charge on any atom is -0.462 e. The molecule has 0 aromatic heterocycles. The normalized spacial score (nSPS) is 40.3. The molecule has 1 aromatic carbocycles. The van der Waals surface area contributed by atoms with E-state index in [0.717, 1.165) is 44.9 Å². The second kappa shape index (κ2) is 8.04. The quantitative estimate of drug-likeness (QED) is 0.424. The van der Waals surface area contributed by atoms with Gasteiger partial charge in [-0.2, -0.15) is 0 Å². The van der Waals surface area contributed by atoms with Gasteiger partial charge in [0.15, 0.2) is 0 Å². The summed E-state index contributed by atoms with van der Waals surface area (Å²) in [5.41, 5.74) is 2.46. The Bertz CT molecular complexity index is 921. The molecule has 3 saturated carbocycles. The lowest BCUT2D eigenvalue weighted by molar-refractivity contribution is -0.148. The van der Waals surface area contributed by atoms with E-state index >= 15 is 0 Å². The van der Waals surface area contributed by atoms with Crippen LogP contribution in [0.2, 0.25) is 0 Å². The molecule has 32 heavy (non-hydrogen) atoms. The number of hydrogen-bond acceptors (Lipinski definition) is 4. The van der Waals surface area contributed by atoms with Crippen LogP contribution >= 0.6 is 0 Å². The number of allylic oxidation sites excluding steroid dienone is 1. The minimum atomic E-state index is -0.179. The predicted molar refractivity (Wildman–Crippen MR) is 123 cm³/mol. The lowest BCUT2D eigenvalue weighted by Gasteiger charge is -2.57. The average molecular weight is 437 g/mol. The smallest absolute Gasteiger partial charge is 0.338 e. The van der Waals surface area contributed by atoms with Gasteiger partial charge in [-0.15, -0.1) is 0 Å². The minimum absolute atomic E-state index is 0.0130. The van der Waals surface area contributed by atoms with Crippen molar-refractivity contribution in [2.24, 2.45) is 28.6 Å². The van der Waals surface area contributed by atoms with Crippen molar-refractivity contribution in [3.05, 3.63) is 47.5 Å². The highest BCUT2D eigenvalue weighted by Crippen LogP contribution is 2.65. The summed E-state index contributed by atoms with van der Waals surface area (Å²) in [4.78, 5) is 24.2. The highest BCUT2D eigenvalue weighted by molar-refractivity contribution is 5.89. The Balaban J connectivity index is 1.33. The number of fused-ring (bicyclic) bond motifs is 5. The van der Waals surface area contributed by atoms with Crippen LogP contribution < -0.4 is 0 Å². The van der Waals surface area contributed by atoms with Crippen molar-refractivity contribution in [2.45, 2.75) is 84.3 Å². The molecule has 1 aromatic rings. The topological polar surface area (TPSA) is 52.6 Å². The standard InChI is InChI=1S/C28H36O4/c1-18(29)31-21-13-15-27(2)20(17-21)9-10-22-23-11-12-25(28(23,3)16-14-24(22)27)32-26(30)19-7-5-4-6-8-19/h4-9,21-25H,10-17H2,1-3H3/t21-,22-,23+,24+,25-,27+,28+/m1/s1. The first-order valence-electron chi connectivity index (χ1n) is 12.4. The molecule has 4 heteroatoms. The number of ether oxygens (including phenoxy) is 2. The Morgan fingerprint density at radius 1 is 0.938 bits per heavy atom. The van der Waals surface area contributed by atoms with E-state index in [1.807, 2.05) is 30.3 Å². The summed E-state index contributed by atoms with van der Waals surface area (Å²) in [6.07, 6.45) is 11.1. The van der Waals surface area contributed by atoms with Crippen LogP contribution in [0.1, 0.15) is 82.5 Å². The molecular formula is C28H36O4. The molecule has 172 valence electrons. The van der Waals surface area contributed by atoms with E-state index in [2.05, 4.69) is 19.9 Å². The van der Waals surface area contributed by atoms with Crippen LogP contribution in [0.5, 0.6) is 0 Å². The fraction of sp³-hybridized carbons (Fsp3) is 0.643. The summed E-state index contributed by atoms with van der Waals surface area (Å²) in [6, 6.07) is 9.40. The van der Waals surface area contributed by atoms with Gasteiger partial charge < -0.3 is 9.47 Å². The lowest BCUT2D eigenvalue weighted by Crippen LogP contribution is -2.51. The van der Waals surface area contributed by atoms with Crippen molar-refractivity contribution in [1.82, 2.24) is 0 Å². The Hall–Kier alpha value is -2.10. The van der Waals surface area contributed by atoms with Crippen LogP contribution in [0.3, 0.4) is 0 Å². The summed E-state index contributed by atoms with van der Waals surface area (Å²) < 4.78 is 11.7. The fourth-order valence-electron chi connectivity index (χ4n) is 7.88. The Morgan fingerprint density at radius 2 is 1.72 bits per heavy atom. The van der Waals surface area contributed by atoms with Gasteiger partial charge in [-0.3, -0.25) is 4.79 Å². The van der Waals surface area contributed by atoms with Gasteiger partial charge in [-0.05, 0) is 80.2 Å². The van der Waals surface area contributed by atoms with Crippen LogP contribution in [0.25, 0.3) is 0 Å². The molecule has 5 rings (SSSR count). The summed E-state index contributed by atoms with van der Waals surface area (Å²) in [5.74, 6) is 1.61. The number of benzene rings is 1. The van der Waals surface area contributed by atoms with E-state index in [9.17, 15) is 9.59 Å². The Kier molecular flexibility index (Phi) is 5.46. The van der Waals surface area contributed by atoms with Crippen molar-refractivity contribution >= 4 is 11.9 Å². The number of carbonyl (C=O) groups excluding carboxylic acids is 2. The van der Waals surface area contributed by atoms with E-state index in [-0.39, 0.29) is 35.0 Å². The van der Waals surface area contributed by atoms with Gasteiger partial charge in [0.1, 0.15) is 12.2 Å². The molecule has 7 atom stereocenters. The molecular weight excluding hydrogens is 400 g/mol. The largest absolute Gasteiger partial charge is 0.462 e. The van der Waals surface area contributed by atoms with E-state index in [0.29, 0.717) is 23.3 Å². The average Bonchev–Trinajstić information content (AvgIpc) is 3.10. The fourth-order valence-corrected chi connectivity index (χ4v) is 7.88. The van der Waals surface area contributed by atoms with Gasteiger partial charge in [-0.25, -0.2) is 4.79 Å². The molecule has 4 nitrogen and oxygen atoms in total. The zero-order valence-electron chi connectivity index (χ0n) is 19.6. The van der Waals surface area contributed by atoms with Crippen molar-refractivity contribution in [2.75, 3.05) is 0 Å².